The Labute approximate surface area is 125 Å². The Morgan fingerprint density at radius 1 is 1.24 bits per heavy atom. The molecule has 0 radical (unpaired) electrons. The molecule has 3 fully saturated rings. The number of aryl methyl sites for hydroxylation is 1. The van der Waals surface area contributed by atoms with Gasteiger partial charge in [-0.1, -0.05) is 0 Å². The summed E-state index contributed by atoms with van der Waals surface area (Å²) in [6.07, 6.45) is 9.80. The van der Waals surface area contributed by atoms with Gasteiger partial charge in [0.2, 0.25) is 11.8 Å². The molecule has 1 spiro atoms. The van der Waals surface area contributed by atoms with Crippen LogP contribution in [0.2, 0.25) is 0 Å². The normalized spacial score (nSPS) is 34.4. The third-order valence-electron chi connectivity index (χ3n) is 5.52. The number of rotatable bonds is 4. The fourth-order valence-corrected chi connectivity index (χ4v) is 4.28. The number of hydrogen-bond acceptors (Lipinski definition) is 5. The van der Waals surface area contributed by atoms with Gasteiger partial charge in [-0.15, -0.1) is 10.2 Å². The summed E-state index contributed by atoms with van der Waals surface area (Å²) in [6.45, 7) is 2.76. The Bertz CT molecular complexity index is 497. The molecule has 0 amide bonds. The van der Waals surface area contributed by atoms with Crippen LogP contribution in [0.4, 0.5) is 0 Å². The highest BCUT2D eigenvalue weighted by Gasteiger charge is 2.45. The van der Waals surface area contributed by atoms with E-state index in [-0.39, 0.29) is 5.60 Å². The van der Waals surface area contributed by atoms with Gasteiger partial charge in [0.15, 0.2) is 0 Å². The Kier molecular flexibility index (Phi) is 3.50. The highest BCUT2D eigenvalue weighted by atomic mass is 16.5. The van der Waals surface area contributed by atoms with Gasteiger partial charge >= 0.3 is 0 Å². The topological polar surface area (TPSA) is 60.2 Å². The van der Waals surface area contributed by atoms with Crippen LogP contribution >= 0.6 is 0 Å². The predicted octanol–water partition coefficient (Wildman–Crippen LogP) is 2.39. The molecule has 21 heavy (non-hydrogen) atoms. The molecule has 3 atom stereocenters. The quantitative estimate of drug-likeness (QED) is 0.923. The average molecular weight is 291 g/mol. The average Bonchev–Trinajstić information content (AvgIpc) is 3.11. The van der Waals surface area contributed by atoms with E-state index in [0.717, 1.165) is 18.9 Å². The van der Waals surface area contributed by atoms with Crippen molar-refractivity contribution in [3.63, 3.8) is 0 Å². The van der Waals surface area contributed by atoms with Crippen LogP contribution in [-0.2, 0) is 11.2 Å². The summed E-state index contributed by atoms with van der Waals surface area (Å²) < 4.78 is 11.5. The summed E-state index contributed by atoms with van der Waals surface area (Å²) in [4.78, 5) is 0. The van der Waals surface area contributed by atoms with Crippen molar-refractivity contribution >= 4 is 0 Å². The molecule has 0 bridgehead atoms. The summed E-state index contributed by atoms with van der Waals surface area (Å²) >= 11 is 0. The second kappa shape index (κ2) is 5.36. The van der Waals surface area contributed by atoms with Gasteiger partial charge in [0, 0.05) is 25.4 Å². The molecule has 1 aliphatic heterocycles. The van der Waals surface area contributed by atoms with E-state index < -0.39 is 0 Å². The van der Waals surface area contributed by atoms with Crippen LogP contribution in [-0.4, -0.2) is 34.5 Å². The van der Waals surface area contributed by atoms with Crippen molar-refractivity contribution in [1.29, 1.82) is 0 Å². The molecular weight excluding hydrogens is 266 g/mol. The number of nitrogens with zero attached hydrogens (tertiary/aromatic N) is 2. The van der Waals surface area contributed by atoms with Crippen molar-refractivity contribution < 1.29 is 9.15 Å². The maximum absolute atomic E-state index is 6.03. The van der Waals surface area contributed by atoms with Gasteiger partial charge in [-0.2, -0.15) is 0 Å². The molecule has 116 valence electrons. The molecule has 4 rings (SSSR count). The SMILES string of the molecule is Cc1nnc(C[C@@H]2CC[C@H](NC3COC4(CCC4)C3)C2)o1. The van der Waals surface area contributed by atoms with Gasteiger partial charge in [0.05, 0.1) is 12.2 Å². The van der Waals surface area contributed by atoms with E-state index in [2.05, 4.69) is 15.5 Å². The molecule has 2 aliphatic carbocycles. The van der Waals surface area contributed by atoms with Crippen molar-refractivity contribution in [3.05, 3.63) is 11.8 Å². The third-order valence-corrected chi connectivity index (χ3v) is 5.52. The number of ether oxygens (including phenoxy) is 1. The van der Waals surface area contributed by atoms with E-state index in [1.807, 2.05) is 6.92 Å². The van der Waals surface area contributed by atoms with Gasteiger partial charge in [-0.3, -0.25) is 0 Å². The molecule has 1 unspecified atom stereocenters. The fourth-order valence-electron chi connectivity index (χ4n) is 4.28. The van der Waals surface area contributed by atoms with E-state index in [4.69, 9.17) is 9.15 Å². The summed E-state index contributed by atoms with van der Waals surface area (Å²) in [6, 6.07) is 1.21. The van der Waals surface area contributed by atoms with Gasteiger partial charge in [-0.05, 0) is 50.9 Å². The maximum Gasteiger partial charge on any atom is 0.216 e. The van der Waals surface area contributed by atoms with Crippen LogP contribution in [0.5, 0.6) is 0 Å². The van der Waals surface area contributed by atoms with E-state index >= 15 is 0 Å². The molecule has 2 saturated carbocycles. The van der Waals surface area contributed by atoms with E-state index in [0.29, 0.717) is 23.9 Å². The van der Waals surface area contributed by atoms with Crippen molar-refractivity contribution in [3.8, 4) is 0 Å². The minimum absolute atomic E-state index is 0.261. The smallest absolute Gasteiger partial charge is 0.216 e. The van der Waals surface area contributed by atoms with E-state index in [1.54, 1.807) is 0 Å². The molecule has 0 aromatic carbocycles. The van der Waals surface area contributed by atoms with Gasteiger partial charge in [0.25, 0.3) is 0 Å². The van der Waals surface area contributed by atoms with Crippen LogP contribution in [0.3, 0.4) is 0 Å². The zero-order chi connectivity index (χ0) is 14.3. The lowest BCUT2D eigenvalue weighted by Crippen LogP contribution is -2.40. The van der Waals surface area contributed by atoms with E-state index in [1.165, 1.54) is 44.9 Å². The zero-order valence-electron chi connectivity index (χ0n) is 12.8. The highest BCUT2D eigenvalue weighted by molar-refractivity contribution is 4.99. The highest BCUT2D eigenvalue weighted by Crippen LogP contribution is 2.43. The van der Waals surface area contributed by atoms with Gasteiger partial charge < -0.3 is 14.5 Å². The minimum atomic E-state index is 0.261. The van der Waals surface area contributed by atoms with Gasteiger partial charge in [0.1, 0.15) is 0 Å². The minimum Gasteiger partial charge on any atom is -0.426 e. The summed E-state index contributed by atoms with van der Waals surface area (Å²) in [5, 5.41) is 11.9. The molecule has 1 N–H and O–H groups in total. The Balaban J connectivity index is 1.25. The molecule has 1 saturated heterocycles. The number of nitrogens with one attached hydrogen (secondary N) is 1. The van der Waals surface area contributed by atoms with Crippen LogP contribution in [0, 0.1) is 12.8 Å². The Morgan fingerprint density at radius 3 is 2.81 bits per heavy atom. The summed E-state index contributed by atoms with van der Waals surface area (Å²) in [5.41, 5.74) is 0.261. The maximum atomic E-state index is 6.03. The molecule has 5 heteroatoms. The number of aromatic nitrogens is 2. The molecule has 1 aromatic heterocycles. The van der Waals surface area contributed by atoms with Crippen LogP contribution in [0.15, 0.2) is 4.42 Å². The van der Waals surface area contributed by atoms with Crippen molar-refractivity contribution in [2.45, 2.75) is 76.0 Å². The lowest BCUT2D eigenvalue weighted by molar-refractivity contribution is -0.0563. The van der Waals surface area contributed by atoms with E-state index in [9.17, 15) is 0 Å². The zero-order valence-corrected chi connectivity index (χ0v) is 12.8. The fraction of sp³-hybridized carbons (Fsp3) is 0.875. The molecule has 3 aliphatic rings. The van der Waals surface area contributed by atoms with Crippen molar-refractivity contribution in [2.75, 3.05) is 6.61 Å². The predicted molar refractivity (Wildman–Crippen MR) is 77.9 cm³/mol. The molecule has 1 aromatic rings. The first-order chi connectivity index (χ1) is 10.2. The Hall–Kier alpha value is -0.940. The first-order valence-corrected chi connectivity index (χ1v) is 8.40. The summed E-state index contributed by atoms with van der Waals surface area (Å²) in [5.74, 6) is 2.16. The largest absolute Gasteiger partial charge is 0.426 e. The van der Waals surface area contributed by atoms with Crippen molar-refractivity contribution in [1.82, 2.24) is 15.5 Å². The second-order valence-electron chi connectivity index (χ2n) is 7.21. The monoisotopic (exact) mass is 291 g/mol. The first kappa shape index (κ1) is 13.7. The van der Waals surface area contributed by atoms with Crippen LogP contribution in [0.1, 0.15) is 56.7 Å². The lowest BCUT2D eigenvalue weighted by atomic mass is 9.77. The second-order valence-corrected chi connectivity index (χ2v) is 7.21. The summed E-state index contributed by atoms with van der Waals surface area (Å²) in [7, 11) is 0. The molecule has 5 nitrogen and oxygen atoms in total. The van der Waals surface area contributed by atoms with Crippen LogP contribution in [0.25, 0.3) is 0 Å². The molecular formula is C16H25N3O2. The van der Waals surface area contributed by atoms with Crippen molar-refractivity contribution in [2.24, 2.45) is 5.92 Å². The Morgan fingerprint density at radius 2 is 2.14 bits per heavy atom. The number of hydrogen-bond donors (Lipinski definition) is 1. The van der Waals surface area contributed by atoms with Crippen LogP contribution < -0.4 is 5.32 Å². The standard InChI is InChI=1S/C16H25N3O2/c1-11-18-19-15(21-11)8-12-3-4-13(7-12)17-14-9-16(20-10-14)5-2-6-16/h12-14,17H,2-10H2,1H3/t12-,13+,14?/m1/s1. The third kappa shape index (κ3) is 2.86. The molecule has 2 heterocycles. The lowest BCUT2D eigenvalue weighted by Gasteiger charge is -2.37. The first-order valence-electron chi connectivity index (χ1n) is 8.40. The van der Waals surface area contributed by atoms with Gasteiger partial charge in [-0.25, -0.2) is 0 Å².